The van der Waals surface area contributed by atoms with Crippen LogP contribution < -0.4 is 9.30 Å². The summed E-state index contributed by atoms with van der Waals surface area (Å²) in [4.78, 5) is 4.76. The zero-order valence-corrected chi connectivity index (χ0v) is 41.1. The summed E-state index contributed by atoms with van der Waals surface area (Å²) in [6, 6.07) is 46.7. The zero-order chi connectivity index (χ0) is 51.7. The van der Waals surface area contributed by atoms with E-state index in [4.69, 9.17) is 16.6 Å². The van der Waals surface area contributed by atoms with Gasteiger partial charge in [0, 0.05) is 47.0 Å². The van der Waals surface area contributed by atoms with Gasteiger partial charge in [-0.1, -0.05) is 163 Å². The van der Waals surface area contributed by atoms with E-state index in [1.807, 2.05) is 132 Å². The number of aromatic nitrogens is 4. The molecule has 0 atom stereocenters. The molecule has 0 N–H and O–H groups in total. The van der Waals surface area contributed by atoms with Crippen molar-refractivity contribution in [2.24, 2.45) is 17.3 Å². The molecule has 3 aromatic heterocycles. The molecule has 0 bridgehead atoms. The van der Waals surface area contributed by atoms with Gasteiger partial charge in [-0.2, -0.15) is 18.2 Å². The molecule has 0 spiro atoms. The van der Waals surface area contributed by atoms with E-state index in [1.165, 1.54) is 11.1 Å². The molecule has 0 fully saturated rings. The Morgan fingerprint density at radius 3 is 2.07 bits per heavy atom. The summed E-state index contributed by atoms with van der Waals surface area (Å²) in [5, 5.41) is 1.94. The number of para-hydroxylation sites is 4. The molecule has 338 valence electrons. The molecule has 0 aliphatic carbocycles. The summed E-state index contributed by atoms with van der Waals surface area (Å²) >= 11 is 0. The second-order valence-corrected chi connectivity index (χ2v) is 18.9. The molecule has 0 unspecified atom stereocenters. The standard InChI is InChI=1S/C61H56N4O.Pt/c1-41(2)31-44-33-45(32-42(3)4)35-47(34-44)52-23-16-22-51(46-17-9-8-10-18-46)60(52)64-40-63(56-25-13-14-26-57(56)64)48-19-15-20-49(37-48)66-50-27-28-54-53-21-11-12-24-55(53)65(58(54)38-50)59-36-43(29-30-62-59)39-61(5,6)7;/h8-30,33-36,41-42H,31-32,39H2,1-7H3;/q-2;/i8D,9D,10D,17D,18D,39D2;. The molecule has 0 aliphatic rings. The topological polar surface area (TPSA) is 35.9 Å². The second-order valence-electron chi connectivity index (χ2n) is 18.9. The van der Waals surface area contributed by atoms with Crippen molar-refractivity contribution >= 4 is 32.8 Å². The van der Waals surface area contributed by atoms with Crippen molar-refractivity contribution in [2.45, 2.75) is 67.7 Å². The fourth-order valence-electron chi connectivity index (χ4n) is 9.07. The first-order chi connectivity index (χ1) is 34.8. The van der Waals surface area contributed by atoms with Crippen molar-refractivity contribution in [3.63, 3.8) is 0 Å². The monoisotopic (exact) mass is 1060 g/mol. The van der Waals surface area contributed by atoms with Crippen molar-refractivity contribution in [1.29, 1.82) is 0 Å². The summed E-state index contributed by atoms with van der Waals surface area (Å²) in [7, 11) is 0. The van der Waals surface area contributed by atoms with E-state index in [-0.39, 0.29) is 38.7 Å². The van der Waals surface area contributed by atoms with Gasteiger partial charge in [-0.3, -0.25) is 4.57 Å². The van der Waals surface area contributed by atoms with E-state index in [9.17, 15) is 2.74 Å². The Bertz CT molecular complexity index is 3720. The summed E-state index contributed by atoms with van der Waals surface area (Å²) in [5.41, 5.74) is 9.05. The molecule has 10 aromatic rings. The summed E-state index contributed by atoms with van der Waals surface area (Å²) in [6.45, 7) is 14.5. The predicted octanol–water partition coefficient (Wildman–Crippen LogP) is 14.9. The van der Waals surface area contributed by atoms with Crippen LogP contribution in [0.5, 0.6) is 11.5 Å². The van der Waals surface area contributed by atoms with Crippen molar-refractivity contribution in [1.82, 2.24) is 14.1 Å². The maximum absolute atomic E-state index is 9.19. The van der Waals surface area contributed by atoms with Crippen molar-refractivity contribution in [3.8, 4) is 50.9 Å². The van der Waals surface area contributed by atoms with Gasteiger partial charge in [-0.15, -0.1) is 29.7 Å². The summed E-state index contributed by atoms with van der Waals surface area (Å²) in [5.74, 6) is 2.26. The molecular weight excluding hydrogens is 1000 g/mol. The van der Waals surface area contributed by atoms with Crippen LogP contribution in [0.3, 0.4) is 0 Å². The van der Waals surface area contributed by atoms with Crippen molar-refractivity contribution in [3.05, 3.63) is 199 Å². The molecule has 3 heterocycles. The van der Waals surface area contributed by atoms with Gasteiger partial charge in [0.05, 0.1) is 23.6 Å². The number of imidazole rings is 1. The number of hydrogen-bond donors (Lipinski definition) is 0. The largest absolute Gasteiger partial charge is 0.510 e. The Kier molecular flexibility index (Phi) is 10.6. The van der Waals surface area contributed by atoms with Crippen LogP contribution in [0.25, 0.3) is 72.3 Å². The van der Waals surface area contributed by atoms with Crippen LogP contribution in [0.15, 0.2) is 164 Å². The normalized spacial score (nSPS) is 13.5. The van der Waals surface area contributed by atoms with Crippen LogP contribution in [0.2, 0.25) is 0 Å². The van der Waals surface area contributed by atoms with E-state index in [1.54, 1.807) is 12.3 Å². The van der Waals surface area contributed by atoms with Gasteiger partial charge < -0.3 is 13.9 Å². The fraction of sp³-hybridized carbons (Fsp3) is 0.213. The Morgan fingerprint density at radius 2 is 1.34 bits per heavy atom. The summed E-state index contributed by atoms with van der Waals surface area (Å²) in [6.07, 6.45) is 5.43. The molecular formula is C61H56N4OPt-2. The van der Waals surface area contributed by atoms with Crippen LogP contribution in [0.4, 0.5) is 0 Å². The van der Waals surface area contributed by atoms with Gasteiger partial charge in [0.25, 0.3) is 6.33 Å². The molecule has 0 saturated carbocycles. The van der Waals surface area contributed by atoms with E-state index < -0.39 is 29.9 Å². The fourth-order valence-corrected chi connectivity index (χ4v) is 9.07. The van der Waals surface area contributed by atoms with Crippen LogP contribution in [0, 0.1) is 35.7 Å². The van der Waals surface area contributed by atoms with E-state index in [0.717, 1.165) is 56.8 Å². The van der Waals surface area contributed by atoms with Gasteiger partial charge in [-0.05, 0) is 105 Å². The number of benzene rings is 7. The number of fused-ring (bicyclic) bond motifs is 4. The van der Waals surface area contributed by atoms with Gasteiger partial charge in [0.2, 0.25) is 0 Å². The number of hydrogen-bond acceptors (Lipinski definition) is 2. The zero-order valence-electron chi connectivity index (χ0n) is 45.8. The van der Waals surface area contributed by atoms with Crippen molar-refractivity contribution in [2.75, 3.05) is 0 Å². The average Bonchev–Trinajstić information content (AvgIpc) is 3.90. The van der Waals surface area contributed by atoms with Gasteiger partial charge in [-0.25, -0.2) is 4.98 Å². The second kappa shape index (κ2) is 19.0. The Labute approximate surface area is 419 Å². The SMILES string of the molecule is [2H]c1c([2H])c([2H])c(-c2cccc(-c3cc(CC(C)C)cc(CC(C)C)c3)c2-[n+]2[c-]n(-c3[c-]c(Oc4[c-]c5c(cc4)c4ccccc4n5-c4cc(C([2H])([2H])C(C)(C)C)ccn4)ccc3)c3ccccc32)c([2H])c1[2H].[Pt]. The Morgan fingerprint density at radius 1 is 0.672 bits per heavy atom. The third kappa shape index (κ3) is 9.53. The van der Waals surface area contributed by atoms with Crippen LogP contribution in [-0.4, -0.2) is 14.1 Å². The predicted molar refractivity (Wildman–Crippen MR) is 271 cm³/mol. The molecule has 7 aromatic carbocycles. The van der Waals surface area contributed by atoms with Crippen molar-refractivity contribution < 1.29 is 40.0 Å². The van der Waals surface area contributed by atoms with E-state index >= 15 is 0 Å². The van der Waals surface area contributed by atoms with Crippen LogP contribution in [0.1, 0.15) is 74.8 Å². The first-order valence-electron chi connectivity index (χ1n) is 26.2. The van der Waals surface area contributed by atoms with Crippen LogP contribution >= 0.6 is 0 Å². The number of pyridine rings is 1. The number of ether oxygens (including phenoxy) is 1. The van der Waals surface area contributed by atoms with E-state index in [0.29, 0.717) is 51.7 Å². The van der Waals surface area contributed by atoms with Gasteiger partial charge in [0.15, 0.2) is 0 Å². The van der Waals surface area contributed by atoms with E-state index in [2.05, 4.69) is 70.4 Å². The average molecular weight is 1060 g/mol. The maximum atomic E-state index is 9.19. The molecule has 0 saturated heterocycles. The Hall–Kier alpha value is -6.55. The minimum absolute atomic E-state index is 0. The molecule has 5 nitrogen and oxygen atoms in total. The smallest absolute Gasteiger partial charge is 0.268 e. The third-order valence-electron chi connectivity index (χ3n) is 11.5. The molecule has 67 heavy (non-hydrogen) atoms. The molecule has 10 rings (SSSR count). The number of rotatable bonds is 12. The quantitative estimate of drug-likeness (QED) is 0.0903. The summed E-state index contributed by atoms with van der Waals surface area (Å²) < 4.78 is 74.8. The number of nitrogens with zero attached hydrogens (tertiary/aromatic N) is 4. The first kappa shape index (κ1) is 37.5. The first-order valence-corrected chi connectivity index (χ1v) is 22.7. The molecule has 0 aliphatic heterocycles. The molecule has 0 amide bonds. The third-order valence-corrected chi connectivity index (χ3v) is 11.5. The van der Waals surface area contributed by atoms with Crippen LogP contribution in [-0.2, 0) is 40.3 Å². The Balaban J connectivity index is 0.00000672. The molecule has 0 radical (unpaired) electrons. The minimum atomic E-state index is -1.63. The van der Waals surface area contributed by atoms with Gasteiger partial charge in [0.1, 0.15) is 5.82 Å². The maximum Gasteiger partial charge on any atom is 0.268 e. The van der Waals surface area contributed by atoms with Gasteiger partial charge >= 0.3 is 0 Å². The molecule has 6 heteroatoms. The minimum Gasteiger partial charge on any atom is -0.510 e.